The summed E-state index contributed by atoms with van der Waals surface area (Å²) in [6.45, 7) is 3.84. The van der Waals surface area contributed by atoms with Crippen LogP contribution in [0.3, 0.4) is 0 Å². The number of anilines is 1. The zero-order valence-electron chi connectivity index (χ0n) is 19.2. The highest BCUT2D eigenvalue weighted by molar-refractivity contribution is 8.15. The molecular weight excluding hydrogens is 480 g/mol. The Kier molecular flexibility index (Phi) is 6.45. The van der Waals surface area contributed by atoms with E-state index in [9.17, 15) is 9.59 Å². The smallest absolute Gasteiger partial charge is 0.263 e. The van der Waals surface area contributed by atoms with E-state index in [4.69, 9.17) is 21.6 Å². The summed E-state index contributed by atoms with van der Waals surface area (Å²) in [5.41, 5.74) is 3.92. The molecule has 176 valence electrons. The Balaban J connectivity index is 1.45. The molecule has 0 radical (unpaired) electrons. The number of aliphatic imine (C=N–C) groups is 2. The number of amides is 2. The van der Waals surface area contributed by atoms with Crippen molar-refractivity contribution in [3.8, 4) is 0 Å². The molecule has 0 saturated heterocycles. The van der Waals surface area contributed by atoms with E-state index < -0.39 is 11.3 Å². The molecule has 0 spiro atoms. The Morgan fingerprint density at radius 3 is 2.60 bits per heavy atom. The first-order valence-corrected chi connectivity index (χ1v) is 12.6. The zero-order chi connectivity index (χ0) is 24.5. The van der Waals surface area contributed by atoms with Gasteiger partial charge in [-0.25, -0.2) is 14.9 Å². The first-order valence-electron chi connectivity index (χ1n) is 11.3. The fraction of sp³-hybridized carbons (Fsp3) is 0.185. The molecule has 3 aromatic rings. The summed E-state index contributed by atoms with van der Waals surface area (Å²) in [6.07, 6.45) is 0.549. The van der Waals surface area contributed by atoms with Crippen LogP contribution >= 0.6 is 23.4 Å². The number of para-hydroxylation sites is 1. The van der Waals surface area contributed by atoms with Gasteiger partial charge in [0.25, 0.3) is 5.91 Å². The number of carbonyl (C=O) groups is 2. The van der Waals surface area contributed by atoms with Crippen molar-refractivity contribution in [1.29, 1.82) is 0 Å². The molecule has 0 unspecified atom stereocenters. The van der Waals surface area contributed by atoms with E-state index in [1.807, 2.05) is 80.6 Å². The number of nitrogens with one attached hydrogen (secondary N) is 1. The summed E-state index contributed by atoms with van der Waals surface area (Å²) in [7, 11) is 0. The van der Waals surface area contributed by atoms with E-state index >= 15 is 0 Å². The maximum Gasteiger partial charge on any atom is 0.263 e. The molecule has 3 aromatic carbocycles. The third-order valence-electron chi connectivity index (χ3n) is 5.94. The molecule has 2 heterocycles. The molecule has 0 saturated carbocycles. The lowest BCUT2D eigenvalue weighted by atomic mass is 10.1. The number of thioether (sulfide) groups is 1. The highest BCUT2D eigenvalue weighted by Crippen LogP contribution is 2.38. The predicted octanol–water partition coefficient (Wildman–Crippen LogP) is 6.13. The maximum atomic E-state index is 13.6. The summed E-state index contributed by atoms with van der Waals surface area (Å²) in [4.78, 5) is 37.8. The van der Waals surface area contributed by atoms with Gasteiger partial charge in [0.2, 0.25) is 5.91 Å². The second-order valence-corrected chi connectivity index (χ2v) is 9.90. The number of rotatable bonds is 5. The number of aryl methyl sites for hydroxylation is 1. The molecule has 2 aliphatic rings. The van der Waals surface area contributed by atoms with Gasteiger partial charge in [0.15, 0.2) is 11.2 Å². The molecule has 2 amide bonds. The lowest BCUT2D eigenvalue weighted by molar-refractivity contribution is -0.124. The number of carbonyl (C=O) groups excluding carboxylic acids is 2. The van der Waals surface area contributed by atoms with Crippen molar-refractivity contribution in [3.63, 3.8) is 0 Å². The van der Waals surface area contributed by atoms with Crippen molar-refractivity contribution in [1.82, 2.24) is 4.90 Å². The van der Waals surface area contributed by atoms with E-state index in [1.54, 1.807) is 11.0 Å². The van der Waals surface area contributed by atoms with Gasteiger partial charge in [-0.1, -0.05) is 78.8 Å². The number of halogens is 1. The SMILES string of the molecule is CC[C@H](SC1=Nc2ccccc2C2=N[C@@H](c3ccccc3)C(=O)N12)C(=O)Nc1ccc(C)c(Cl)c1. The second kappa shape index (κ2) is 9.68. The minimum Gasteiger partial charge on any atom is -0.325 e. The second-order valence-electron chi connectivity index (χ2n) is 8.32. The average Bonchev–Trinajstić information content (AvgIpc) is 3.23. The van der Waals surface area contributed by atoms with Crippen LogP contribution in [0.25, 0.3) is 0 Å². The van der Waals surface area contributed by atoms with Crippen LogP contribution in [0.4, 0.5) is 11.4 Å². The summed E-state index contributed by atoms with van der Waals surface area (Å²) >= 11 is 7.49. The van der Waals surface area contributed by atoms with Crippen molar-refractivity contribution >= 4 is 57.6 Å². The van der Waals surface area contributed by atoms with Gasteiger partial charge in [-0.3, -0.25) is 9.59 Å². The molecule has 5 rings (SSSR count). The van der Waals surface area contributed by atoms with E-state index in [0.29, 0.717) is 28.1 Å². The Morgan fingerprint density at radius 2 is 1.86 bits per heavy atom. The van der Waals surface area contributed by atoms with Crippen molar-refractivity contribution in [3.05, 3.63) is 94.5 Å². The molecule has 2 atom stereocenters. The van der Waals surface area contributed by atoms with Crippen LogP contribution < -0.4 is 5.32 Å². The summed E-state index contributed by atoms with van der Waals surface area (Å²) in [5.74, 6) is 0.216. The Labute approximate surface area is 213 Å². The third-order valence-corrected chi connectivity index (χ3v) is 7.66. The highest BCUT2D eigenvalue weighted by atomic mass is 35.5. The number of nitrogens with zero attached hydrogens (tertiary/aromatic N) is 3. The van der Waals surface area contributed by atoms with E-state index in [1.165, 1.54) is 11.8 Å². The van der Waals surface area contributed by atoms with Crippen molar-refractivity contribution in [2.45, 2.75) is 31.6 Å². The van der Waals surface area contributed by atoms with Gasteiger partial charge in [0.05, 0.1) is 10.9 Å². The summed E-state index contributed by atoms with van der Waals surface area (Å²) in [6, 6.07) is 21.9. The van der Waals surface area contributed by atoms with E-state index in [0.717, 1.165) is 22.4 Å². The molecule has 35 heavy (non-hydrogen) atoms. The van der Waals surface area contributed by atoms with Crippen LogP contribution in [0, 0.1) is 6.92 Å². The van der Waals surface area contributed by atoms with Crippen LogP contribution in [-0.2, 0) is 9.59 Å². The fourth-order valence-corrected chi connectivity index (χ4v) is 5.22. The largest absolute Gasteiger partial charge is 0.325 e. The van der Waals surface area contributed by atoms with Gasteiger partial charge < -0.3 is 5.32 Å². The molecule has 8 heteroatoms. The first kappa shape index (κ1) is 23.3. The van der Waals surface area contributed by atoms with Crippen molar-refractivity contribution in [2.75, 3.05) is 5.32 Å². The highest BCUT2D eigenvalue weighted by Gasteiger charge is 2.43. The molecule has 0 aliphatic carbocycles. The average molecular weight is 503 g/mol. The van der Waals surface area contributed by atoms with Gasteiger partial charge in [-0.2, -0.15) is 0 Å². The number of fused-ring (bicyclic) bond motifs is 3. The number of hydrogen-bond donors (Lipinski definition) is 1. The molecule has 0 aromatic heterocycles. The molecular formula is C27H23ClN4O2S. The Bertz CT molecular complexity index is 1370. The summed E-state index contributed by atoms with van der Waals surface area (Å²) in [5, 5.41) is 3.52. The van der Waals surface area contributed by atoms with Gasteiger partial charge >= 0.3 is 0 Å². The first-order chi connectivity index (χ1) is 17.0. The van der Waals surface area contributed by atoms with Crippen molar-refractivity contribution in [2.24, 2.45) is 9.98 Å². The zero-order valence-corrected chi connectivity index (χ0v) is 20.8. The molecule has 6 nitrogen and oxygen atoms in total. The minimum atomic E-state index is -0.647. The van der Waals surface area contributed by atoms with Gasteiger partial charge in [-0.15, -0.1) is 0 Å². The monoisotopic (exact) mass is 502 g/mol. The van der Waals surface area contributed by atoms with E-state index in [2.05, 4.69) is 5.32 Å². The normalized spacial score (nSPS) is 17.3. The Hall–Kier alpha value is -3.42. The van der Waals surface area contributed by atoms with Crippen LogP contribution in [0.15, 0.2) is 82.8 Å². The lowest BCUT2D eigenvalue weighted by Gasteiger charge is -2.27. The molecule has 0 bridgehead atoms. The van der Waals surface area contributed by atoms with Crippen LogP contribution in [0.5, 0.6) is 0 Å². The predicted molar refractivity (Wildman–Crippen MR) is 143 cm³/mol. The van der Waals surface area contributed by atoms with Crippen LogP contribution in [-0.4, -0.2) is 33.0 Å². The maximum absolute atomic E-state index is 13.6. The molecule has 2 aliphatic heterocycles. The Morgan fingerprint density at radius 1 is 1.11 bits per heavy atom. The lowest BCUT2D eigenvalue weighted by Crippen LogP contribution is -2.41. The standard InChI is InChI=1S/C27H23ClN4O2S/c1-3-22(25(33)29-18-14-13-16(2)20(28)15-18)35-27-30-21-12-8-7-11-19(21)24-31-23(26(34)32(24)27)17-9-5-4-6-10-17/h4-15,22-23H,3H2,1-2H3,(H,29,33)/t22-,23-/m0/s1. The van der Waals surface area contributed by atoms with Gasteiger partial charge in [0.1, 0.15) is 5.84 Å². The number of benzene rings is 3. The fourth-order valence-electron chi connectivity index (χ4n) is 4.02. The quantitative estimate of drug-likeness (QED) is 0.456. The topological polar surface area (TPSA) is 74.1 Å². The molecule has 1 N–H and O–H groups in total. The molecule has 0 fully saturated rings. The van der Waals surface area contributed by atoms with Crippen LogP contribution in [0.1, 0.15) is 36.1 Å². The third kappa shape index (κ3) is 4.49. The van der Waals surface area contributed by atoms with Crippen molar-refractivity contribution < 1.29 is 9.59 Å². The van der Waals surface area contributed by atoms with E-state index in [-0.39, 0.29) is 11.8 Å². The van der Waals surface area contributed by atoms with Crippen LogP contribution in [0.2, 0.25) is 5.02 Å². The number of hydrogen-bond acceptors (Lipinski definition) is 5. The number of amidine groups is 2. The minimum absolute atomic E-state index is 0.174. The summed E-state index contributed by atoms with van der Waals surface area (Å²) < 4.78 is 0. The van der Waals surface area contributed by atoms with Gasteiger partial charge in [0, 0.05) is 16.3 Å². The van der Waals surface area contributed by atoms with Gasteiger partial charge in [-0.05, 0) is 48.7 Å².